The van der Waals surface area contributed by atoms with Crippen molar-refractivity contribution in [3.63, 3.8) is 0 Å². The summed E-state index contributed by atoms with van der Waals surface area (Å²) in [6, 6.07) is 6.38. The lowest BCUT2D eigenvalue weighted by atomic mass is 10.1. The summed E-state index contributed by atoms with van der Waals surface area (Å²) in [7, 11) is 0. The Labute approximate surface area is 111 Å². The van der Waals surface area contributed by atoms with Crippen molar-refractivity contribution in [3.8, 4) is 5.75 Å². The van der Waals surface area contributed by atoms with Gasteiger partial charge in [0.15, 0.2) is 0 Å². The quantitative estimate of drug-likeness (QED) is 0.816. The van der Waals surface area contributed by atoms with E-state index < -0.39 is 0 Å². The molecule has 1 aliphatic carbocycles. The van der Waals surface area contributed by atoms with Gasteiger partial charge in [-0.15, -0.1) is 0 Å². The minimum atomic E-state index is 0.0337. The summed E-state index contributed by atoms with van der Waals surface area (Å²) < 4.78 is 6.23. The van der Waals surface area contributed by atoms with Crippen LogP contribution in [-0.2, 0) is 0 Å². The predicted molar refractivity (Wildman–Crippen MR) is 75.9 cm³/mol. The molecule has 2 N–H and O–H groups in total. The van der Waals surface area contributed by atoms with E-state index in [1.54, 1.807) is 0 Å². The summed E-state index contributed by atoms with van der Waals surface area (Å²) in [6.45, 7) is 4.12. The molecule has 1 atom stereocenters. The number of benzene rings is 1. The summed E-state index contributed by atoms with van der Waals surface area (Å²) in [6.07, 6.45) is 8.06. The zero-order valence-corrected chi connectivity index (χ0v) is 11.6. The number of nitrogens with two attached hydrogens (primary N) is 1. The fraction of sp³-hybridized carbons (Fsp3) is 0.625. The van der Waals surface area contributed by atoms with Crippen LogP contribution in [-0.4, -0.2) is 6.10 Å². The lowest BCUT2D eigenvalue weighted by Crippen LogP contribution is -2.17. The van der Waals surface area contributed by atoms with Gasteiger partial charge in [0.05, 0.1) is 6.10 Å². The van der Waals surface area contributed by atoms with Crippen LogP contribution < -0.4 is 10.5 Å². The second-order valence-electron chi connectivity index (χ2n) is 5.56. The van der Waals surface area contributed by atoms with E-state index in [0.717, 1.165) is 11.3 Å². The molecule has 0 amide bonds. The molecule has 1 saturated carbocycles. The number of hydrogen-bond acceptors (Lipinski definition) is 2. The predicted octanol–water partition coefficient (Wildman–Crippen LogP) is 4.12. The molecule has 1 aromatic carbocycles. The number of aryl methyl sites for hydroxylation is 1. The number of ether oxygens (including phenoxy) is 1. The minimum absolute atomic E-state index is 0.0337. The SMILES string of the molecule is Cc1ccc([C@@H](C)N)c(OC2CCCCCC2)c1. The third-order valence-corrected chi connectivity index (χ3v) is 3.76. The third kappa shape index (κ3) is 3.49. The highest BCUT2D eigenvalue weighted by molar-refractivity contribution is 5.39. The first-order valence-electron chi connectivity index (χ1n) is 7.19. The molecule has 1 fully saturated rings. The Morgan fingerprint density at radius 1 is 1.17 bits per heavy atom. The van der Waals surface area contributed by atoms with Crippen LogP contribution >= 0.6 is 0 Å². The normalized spacial score (nSPS) is 19.3. The Hall–Kier alpha value is -1.02. The average molecular weight is 247 g/mol. The molecule has 0 saturated heterocycles. The summed E-state index contributed by atoms with van der Waals surface area (Å²) in [5.74, 6) is 0.997. The van der Waals surface area contributed by atoms with Crippen molar-refractivity contribution >= 4 is 0 Å². The molecule has 0 heterocycles. The second kappa shape index (κ2) is 6.24. The molecule has 1 aromatic rings. The van der Waals surface area contributed by atoms with E-state index in [0.29, 0.717) is 6.10 Å². The smallest absolute Gasteiger partial charge is 0.124 e. The molecule has 0 radical (unpaired) electrons. The standard InChI is InChI=1S/C16H25NO/c1-12-9-10-15(13(2)17)16(11-12)18-14-7-5-3-4-6-8-14/h9-11,13-14H,3-8,17H2,1-2H3/t13-/m1/s1. The summed E-state index contributed by atoms with van der Waals surface area (Å²) in [5, 5.41) is 0. The van der Waals surface area contributed by atoms with Crippen LogP contribution in [0.3, 0.4) is 0 Å². The minimum Gasteiger partial charge on any atom is -0.490 e. The fourth-order valence-corrected chi connectivity index (χ4v) is 2.66. The molecule has 0 spiro atoms. The van der Waals surface area contributed by atoms with Crippen LogP contribution in [0.15, 0.2) is 18.2 Å². The van der Waals surface area contributed by atoms with Gasteiger partial charge in [0.25, 0.3) is 0 Å². The second-order valence-corrected chi connectivity index (χ2v) is 5.56. The van der Waals surface area contributed by atoms with Crippen LogP contribution in [0.1, 0.15) is 62.6 Å². The molecular formula is C16H25NO. The van der Waals surface area contributed by atoms with Gasteiger partial charge in [0.1, 0.15) is 5.75 Å². The molecule has 2 nitrogen and oxygen atoms in total. The van der Waals surface area contributed by atoms with E-state index in [1.807, 2.05) is 6.92 Å². The Balaban J connectivity index is 2.13. The van der Waals surface area contributed by atoms with Crippen molar-refractivity contribution in [1.82, 2.24) is 0 Å². The molecule has 18 heavy (non-hydrogen) atoms. The number of rotatable bonds is 3. The van der Waals surface area contributed by atoms with Gasteiger partial charge in [-0.1, -0.05) is 25.0 Å². The zero-order chi connectivity index (χ0) is 13.0. The molecular weight excluding hydrogens is 222 g/mol. The van der Waals surface area contributed by atoms with E-state index in [4.69, 9.17) is 10.5 Å². The van der Waals surface area contributed by atoms with E-state index in [-0.39, 0.29) is 6.04 Å². The molecule has 0 unspecified atom stereocenters. The van der Waals surface area contributed by atoms with Gasteiger partial charge in [-0.2, -0.15) is 0 Å². The van der Waals surface area contributed by atoms with Crippen molar-refractivity contribution in [2.24, 2.45) is 5.73 Å². The van der Waals surface area contributed by atoms with Crippen LogP contribution in [0.2, 0.25) is 0 Å². The Bertz CT molecular complexity index is 379. The summed E-state index contributed by atoms with van der Waals surface area (Å²) in [4.78, 5) is 0. The Morgan fingerprint density at radius 2 is 1.83 bits per heavy atom. The Morgan fingerprint density at radius 3 is 2.44 bits per heavy atom. The van der Waals surface area contributed by atoms with Crippen molar-refractivity contribution < 1.29 is 4.74 Å². The molecule has 100 valence electrons. The largest absolute Gasteiger partial charge is 0.490 e. The van der Waals surface area contributed by atoms with Crippen LogP contribution in [0.25, 0.3) is 0 Å². The first kappa shape index (κ1) is 13.4. The van der Waals surface area contributed by atoms with E-state index in [1.165, 1.54) is 44.1 Å². The average Bonchev–Trinajstić information content (AvgIpc) is 2.57. The van der Waals surface area contributed by atoms with Gasteiger partial charge in [-0.25, -0.2) is 0 Å². The maximum absolute atomic E-state index is 6.23. The number of hydrogen-bond donors (Lipinski definition) is 1. The van der Waals surface area contributed by atoms with E-state index in [9.17, 15) is 0 Å². The fourth-order valence-electron chi connectivity index (χ4n) is 2.66. The lowest BCUT2D eigenvalue weighted by molar-refractivity contribution is 0.181. The summed E-state index contributed by atoms with van der Waals surface area (Å²) >= 11 is 0. The molecule has 2 heteroatoms. The van der Waals surface area contributed by atoms with E-state index in [2.05, 4.69) is 25.1 Å². The van der Waals surface area contributed by atoms with Crippen molar-refractivity contribution in [1.29, 1.82) is 0 Å². The highest BCUT2D eigenvalue weighted by atomic mass is 16.5. The third-order valence-electron chi connectivity index (χ3n) is 3.76. The molecule has 1 aliphatic rings. The monoisotopic (exact) mass is 247 g/mol. The molecule has 0 aromatic heterocycles. The first-order chi connectivity index (χ1) is 8.66. The van der Waals surface area contributed by atoms with Gasteiger partial charge < -0.3 is 10.5 Å². The maximum Gasteiger partial charge on any atom is 0.124 e. The topological polar surface area (TPSA) is 35.2 Å². The van der Waals surface area contributed by atoms with Crippen molar-refractivity contribution in [3.05, 3.63) is 29.3 Å². The Kier molecular flexibility index (Phi) is 4.65. The maximum atomic E-state index is 6.23. The van der Waals surface area contributed by atoms with Gasteiger partial charge in [-0.3, -0.25) is 0 Å². The first-order valence-corrected chi connectivity index (χ1v) is 7.19. The molecule has 0 aliphatic heterocycles. The van der Waals surface area contributed by atoms with Gasteiger partial charge in [0, 0.05) is 11.6 Å². The van der Waals surface area contributed by atoms with Crippen LogP contribution in [0.5, 0.6) is 5.75 Å². The van der Waals surface area contributed by atoms with Crippen LogP contribution in [0, 0.1) is 6.92 Å². The lowest BCUT2D eigenvalue weighted by Gasteiger charge is -2.21. The van der Waals surface area contributed by atoms with Gasteiger partial charge in [0.2, 0.25) is 0 Å². The zero-order valence-electron chi connectivity index (χ0n) is 11.6. The van der Waals surface area contributed by atoms with E-state index >= 15 is 0 Å². The summed E-state index contributed by atoms with van der Waals surface area (Å²) in [5.41, 5.74) is 8.39. The van der Waals surface area contributed by atoms with Crippen molar-refractivity contribution in [2.45, 2.75) is 64.5 Å². The van der Waals surface area contributed by atoms with Crippen molar-refractivity contribution in [2.75, 3.05) is 0 Å². The highest BCUT2D eigenvalue weighted by Crippen LogP contribution is 2.29. The van der Waals surface area contributed by atoms with Crippen LogP contribution in [0.4, 0.5) is 0 Å². The molecule has 2 rings (SSSR count). The van der Waals surface area contributed by atoms with Gasteiger partial charge in [-0.05, 0) is 51.2 Å². The highest BCUT2D eigenvalue weighted by Gasteiger charge is 2.16. The van der Waals surface area contributed by atoms with Gasteiger partial charge >= 0.3 is 0 Å². The molecule has 0 bridgehead atoms.